The van der Waals surface area contributed by atoms with E-state index in [-0.39, 0.29) is 0 Å². The van der Waals surface area contributed by atoms with Crippen LogP contribution in [-0.4, -0.2) is 0 Å². The van der Waals surface area contributed by atoms with Gasteiger partial charge in [0.15, 0.2) is 0 Å². The largest absolute Gasteiger partial charge is 0.0616 e. The van der Waals surface area contributed by atoms with E-state index in [2.05, 4.69) is 291 Å². The lowest BCUT2D eigenvalue weighted by Gasteiger charge is -2.19. The maximum Gasteiger partial charge on any atom is -0.00251 e. The molecule has 0 fully saturated rings. The summed E-state index contributed by atoms with van der Waals surface area (Å²) >= 11 is 0. The van der Waals surface area contributed by atoms with Gasteiger partial charge in [0.2, 0.25) is 0 Å². The highest BCUT2D eigenvalue weighted by atomic mass is 14.2. The Bertz CT molecular complexity index is 4630. The van der Waals surface area contributed by atoms with Crippen molar-refractivity contribution in [2.45, 2.75) is 25.7 Å². The fourth-order valence-corrected chi connectivity index (χ4v) is 14.6. The zero-order chi connectivity index (χ0) is 55.2. The van der Waals surface area contributed by atoms with Crippen LogP contribution >= 0.6 is 0 Å². The van der Waals surface area contributed by atoms with Crippen LogP contribution in [0.5, 0.6) is 0 Å². The first-order valence-corrected chi connectivity index (χ1v) is 29.7. The van der Waals surface area contributed by atoms with E-state index >= 15 is 0 Å². The molecule has 16 aromatic carbocycles. The molecule has 0 unspecified atom stereocenters. The van der Waals surface area contributed by atoms with Crippen LogP contribution in [0.2, 0.25) is 0 Å². The van der Waals surface area contributed by atoms with E-state index in [1.807, 2.05) is 0 Å². The molecule has 0 heteroatoms. The van der Waals surface area contributed by atoms with Gasteiger partial charge in [-0.1, -0.05) is 267 Å². The molecule has 0 aliphatic heterocycles. The normalized spacial score (nSPS) is 12.6. The van der Waals surface area contributed by atoms with Gasteiger partial charge in [0.05, 0.1) is 0 Å². The molecule has 392 valence electrons. The average molecular weight is 1070 g/mol. The molecule has 1 aliphatic carbocycles. The summed E-state index contributed by atoms with van der Waals surface area (Å²) in [6, 6.07) is 111. The van der Waals surface area contributed by atoms with Crippen LogP contribution in [0.15, 0.2) is 291 Å². The van der Waals surface area contributed by atoms with Crippen molar-refractivity contribution < 1.29 is 0 Å². The van der Waals surface area contributed by atoms with Gasteiger partial charge in [0.25, 0.3) is 0 Å². The Morgan fingerprint density at radius 3 is 0.512 bits per heavy atom. The van der Waals surface area contributed by atoms with Crippen molar-refractivity contribution in [3.05, 3.63) is 336 Å². The fraction of sp³-hybridized carbons (Fsp3) is 0.0476. The van der Waals surface area contributed by atoms with Gasteiger partial charge >= 0.3 is 0 Å². The van der Waals surface area contributed by atoms with Gasteiger partial charge in [0, 0.05) is 0 Å². The number of hydrogen-bond donors (Lipinski definition) is 0. The lowest BCUT2D eigenvalue weighted by Crippen LogP contribution is -2.01. The van der Waals surface area contributed by atoms with Gasteiger partial charge < -0.3 is 0 Å². The Balaban J connectivity index is 0.919. The summed E-state index contributed by atoms with van der Waals surface area (Å²) in [7, 11) is 0. The van der Waals surface area contributed by atoms with Crippen molar-refractivity contribution in [1.29, 1.82) is 0 Å². The van der Waals surface area contributed by atoms with Gasteiger partial charge in [-0.3, -0.25) is 0 Å². The molecule has 0 radical (unpaired) electrons. The fourth-order valence-electron chi connectivity index (χ4n) is 14.6. The second-order valence-corrected chi connectivity index (χ2v) is 23.6. The third-order valence-corrected chi connectivity index (χ3v) is 18.2. The average Bonchev–Trinajstić information content (AvgIpc) is 3.26. The maximum atomic E-state index is 2.51. The Labute approximate surface area is 489 Å². The zero-order valence-electron chi connectivity index (χ0n) is 46.5. The Hall–Kier alpha value is -10.4. The van der Waals surface area contributed by atoms with Crippen LogP contribution in [0, 0.1) is 0 Å². The topological polar surface area (TPSA) is 0 Å². The summed E-state index contributed by atoms with van der Waals surface area (Å²) in [5.74, 6) is 0. The van der Waals surface area contributed by atoms with Gasteiger partial charge in [-0.2, -0.15) is 0 Å². The van der Waals surface area contributed by atoms with E-state index in [1.165, 1.54) is 175 Å². The molecule has 8 bridgehead atoms. The van der Waals surface area contributed by atoms with Crippen LogP contribution in [0.25, 0.3) is 131 Å². The van der Waals surface area contributed by atoms with E-state index < -0.39 is 0 Å². The molecule has 0 N–H and O–H groups in total. The summed E-state index contributed by atoms with van der Waals surface area (Å²) in [5.41, 5.74) is 20.5. The summed E-state index contributed by atoms with van der Waals surface area (Å²) in [6.07, 6.45) is 3.12. The van der Waals surface area contributed by atoms with Crippen molar-refractivity contribution >= 4 is 86.2 Å². The number of benzene rings is 16. The minimum absolute atomic E-state index is 0.779. The Kier molecular flexibility index (Phi) is 11.3. The molecule has 84 heavy (non-hydrogen) atoms. The Morgan fingerprint density at radius 2 is 0.310 bits per heavy atom. The van der Waals surface area contributed by atoms with Gasteiger partial charge in [-0.05, 0) is 225 Å². The second kappa shape index (κ2) is 19.7. The molecule has 0 atom stereocenters. The molecule has 0 nitrogen and oxygen atoms in total. The van der Waals surface area contributed by atoms with Crippen molar-refractivity contribution in [1.82, 2.24) is 0 Å². The van der Waals surface area contributed by atoms with Crippen LogP contribution in [0.3, 0.4) is 0 Å². The summed E-state index contributed by atoms with van der Waals surface area (Å²) in [4.78, 5) is 0. The van der Waals surface area contributed by atoms with E-state index in [9.17, 15) is 0 Å². The van der Waals surface area contributed by atoms with E-state index in [0.717, 1.165) is 25.7 Å². The summed E-state index contributed by atoms with van der Waals surface area (Å²) in [5, 5.41) is 20.4. The number of fused-ring (bicyclic) bond motifs is 20. The van der Waals surface area contributed by atoms with Crippen molar-refractivity contribution in [2.75, 3.05) is 0 Å². The molecule has 16 aromatic rings. The molecule has 17 rings (SSSR count). The quantitative estimate of drug-likeness (QED) is 0.154. The van der Waals surface area contributed by atoms with Crippen molar-refractivity contribution in [2.24, 2.45) is 0 Å². The molecular formula is C84H56. The third kappa shape index (κ3) is 8.44. The molecule has 1 aliphatic rings. The first-order valence-electron chi connectivity index (χ1n) is 29.7. The standard InChI is InChI=1S/C84H56/c1-5-21-69-61(17-1)49-81(77-29-13-9-25-73(69)77)65-41-53-33-54(42-65)38-56-35-58(46-67(44-56)83-51-63-19-3-7-23-71(63)75-27-11-15-31-79(75)83)40-60-36-59(47-68(48-60)84-52-64-20-4-8-24-72(64)76-28-12-16-32-80(76)84)39-57-34-55(37-53)43-66(45-57)82-50-62-18-2-6-22-70(62)74-26-10-14-30-78(74)82/h1-36,41-52H,37-40H2. The Morgan fingerprint density at radius 1 is 0.143 bits per heavy atom. The minimum Gasteiger partial charge on any atom is -0.0616 e. The predicted octanol–water partition coefficient (Wildman–Crippen LogP) is 22.3. The van der Waals surface area contributed by atoms with Crippen LogP contribution < -0.4 is 0 Å². The van der Waals surface area contributed by atoms with E-state index in [1.54, 1.807) is 0 Å². The van der Waals surface area contributed by atoms with Crippen molar-refractivity contribution in [3.63, 3.8) is 0 Å². The highest BCUT2D eigenvalue weighted by Crippen LogP contribution is 2.42. The highest BCUT2D eigenvalue weighted by Gasteiger charge is 2.19. The third-order valence-electron chi connectivity index (χ3n) is 18.2. The van der Waals surface area contributed by atoms with E-state index in [0.29, 0.717) is 0 Å². The first kappa shape index (κ1) is 48.3. The SMILES string of the molecule is c1ccc2c(c1)cc(-c1cc3cc(c1)Cc1cc(cc(-c4cc5ccccc5c5ccccc45)c1)Cc1cc(cc(-c4cc5ccccc5c5ccccc45)c1)Cc1cc(cc(-c4cc5ccccc5c5ccccc45)c1)C3)c1ccccc12. The van der Waals surface area contributed by atoms with Gasteiger partial charge in [0.1, 0.15) is 0 Å². The smallest absolute Gasteiger partial charge is 0.00251 e. The monoisotopic (exact) mass is 1060 g/mol. The molecule has 0 heterocycles. The van der Waals surface area contributed by atoms with E-state index in [4.69, 9.17) is 0 Å². The lowest BCUT2D eigenvalue weighted by molar-refractivity contribution is 1.09. The van der Waals surface area contributed by atoms with Crippen LogP contribution in [0.4, 0.5) is 0 Å². The predicted molar refractivity (Wildman–Crippen MR) is 359 cm³/mol. The summed E-state index contributed by atoms with van der Waals surface area (Å²) in [6.45, 7) is 0. The molecule has 0 spiro atoms. The molecule has 0 amide bonds. The van der Waals surface area contributed by atoms with Crippen LogP contribution in [0.1, 0.15) is 44.5 Å². The van der Waals surface area contributed by atoms with Crippen molar-refractivity contribution in [3.8, 4) is 44.5 Å². The second-order valence-electron chi connectivity index (χ2n) is 23.6. The molecule has 0 aromatic heterocycles. The molecular weight excluding hydrogens is 1010 g/mol. The highest BCUT2D eigenvalue weighted by molar-refractivity contribution is 6.17. The number of hydrogen-bond acceptors (Lipinski definition) is 0. The zero-order valence-corrected chi connectivity index (χ0v) is 46.5. The van der Waals surface area contributed by atoms with Gasteiger partial charge in [-0.15, -0.1) is 0 Å². The molecule has 0 saturated heterocycles. The minimum atomic E-state index is 0.779. The van der Waals surface area contributed by atoms with Gasteiger partial charge in [-0.25, -0.2) is 0 Å². The maximum absolute atomic E-state index is 2.51. The number of rotatable bonds is 4. The van der Waals surface area contributed by atoms with Crippen LogP contribution in [-0.2, 0) is 25.7 Å². The first-order chi connectivity index (χ1) is 41.5. The molecule has 0 saturated carbocycles. The summed E-state index contributed by atoms with van der Waals surface area (Å²) < 4.78 is 0. The lowest BCUT2D eigenvalue weighted by atomic mass is 9.86.